The van der Waals surface area contributed by atoms with Gasteiger partial charge in [-0.2, -0.15) is 0 Å². The number of aliphatic hydroxyl groups excluding tert-OH is 1. The molecule has 0 bridgehead atoms. The predicted molar refractivity (Wildman–Crippen MR) is 395 cm³/mol. The molecule has 3 N–H and O–H groups in total. The number of hydrogen-bond donors (Lipinski definition) is 3. The summed E-state index contributed by atoms with van der Waals surface area (Å²) in [6.07, 6.45) is 58.5. The molecule has 0 rings (SSSR count). The Hall–Kier alpha value is -1.94. The van der Waals surface area contributed by atoms with E-state index in [-0.39, 0.29) is 25.7 Å². The lowest BCUT2D eigenvalue weighted by Gasteiger charge is -2.21. The molecular formula is C78H152O17P2. The summed E-state index contributed by atoms with van der Waals surface area (Å²) in [7, 11) is -9.91. The molecule has 0 aromatic carbocycles. The molecule has 0 fully saturated rings. The van der Waals surface area contributed by atoms with Gasteiger partial charge < -0.3 is 33.8 Å². The minimum Gasteiger partial charge on any atom is -0.462 e. The van der Waals surface area contributed by atoms with E-state index in [1.54, 1.807) is 0 Å². The average Bonchev–Trinajstić information content (AvgIpc) is 3.11. The first-order valence-corrected chi connectivity index (χ1v) is 43.5. The average molecular weight is 1420 g/mol. The van der Waals surface area contributed by atoms with Gasteiger partial charge in [0.15, 0.2) is 12.2 Å². The molecule has 0 aromatic rings. The SMILES string of the molecule is CCCCCCCCCCCCCCCCCCCCCCCC(=O)O[C@H](COC(=O)CCCCCCCCCCCCCCCC(C)C)COP(=O)(O)OC[C@@H](O)COP(=O)(O)OC[C@@H](COC(=O)CCCCCCCCCCC)OC(=O)CCCCCCCCCCC(C)C. The topological polar surface area (TPSA) is 237 Å². The number of phosphoric acid groups is 2. The Balaban J connectivity index is 5.19. The maximum Gasteiger partial charge on any atom is 0.472 e. The van der Waals surface area contributed by atoms with E-state index in [4.69, 9.17) is 37.0 Å². The van der Waals surface area contributed by atoms with E-state index in [1.165, 1.54) is 225 Å². The Morgan fingerprint density at radius 1 is 0.278 bits per heavy atom. The molecule has 2 unspecified atom stereocenters. The molecule has 0 aliphatic heterocycles. The van der Waals surface area contributed by atoms with Gasteiger partial charge >= 0.3 is 39.5 Å². The fourth-order valence-electron chi connectivity index (χ4n) is 12.0. The van der Waals surface area contributed by atoms with Crippen LogP contribution in [0.1, 0.15) is 408 Å². The molecule has 0 aliphatic rings. The number of hydrogen-bond acceptors (Lipinski definition) is 15. The molecule has 0 amide bonds. The summed E-state index contributed by atoms with van der Waals surface area (Å²) in [6.45, 7) is 9.57. The Labute approximate surface area is 594 Å². The van der Waals surface area contributed by atoms with Crippen LogP contribution in [0.15, 0.2) is 0 Å². The van der Waals surface area contributed by atoms with Crippen molar-refractivity contribution < 1.29 is 80.2 Å². The van der Waals surface area contributed by atoms with Crippen molar-refractivity contribution in [2.24, 2.45) is 11.8 Å². The fourth-order valence-corrected chi connectivity index (χ4v) is 13.6. The van der Waals surface area contributed by atoms with Crippen molar-refractivity contribution in [1.82, 2.24) is 0 Å². The normalized spacial score (nSPS) is 14.0. The van der Waals surface area contributed by atoms with Gasteiger partial charge in [0.25, 0.3) is 0 Å². The Kier molecular flexibility index (Phi) is 68.4. The maximum atomic E-state index is 13.1. The first kappa shape index (κ1) is 95.1. The molecule has 576 valence electrons. The van der Waals surface area contributed by atoms with Crippen molar-refractivity contribution in [2.75, 3.05) is 39.6 Å². The predicted octanol–water partition coefficient (Wildman–Crippen LogP) is 23.1. The van der Waals surface area contributed by atoms with E-state index in [9.17, 15) is 43.2 Å². The highest BCUT2D eigenvalue weighted by Crippen LogP contribution is 2.45. The van der Waals surface area contributed by atoms with E-state index in [2.05, 4.69) is 41.5 Å². The maximum absolute atomic E-state index is 13.1. The van der Waals surface area contributed by atoms with Gasteiger partial charge in [-0.25, -0.2) is 9.13 Å². The zero-order valence-electron chi connectivity index (χ0n) is 63.4. The van der Waals surface area contributed by atoms with E-state index in [1.807, 2.05) is 0 Å². The minimum absolute atomic E-state index is 0.105. The molecule has 0 heterocycles. The number of carbonyl (C=O) groups excluding carboxylic acids is 4. The van der Waals surface area contributed by atoms with Crippen molar-refractivity contribution in [3.8, 4) is 0 Å². The van der Waals surface area contributed by atoms with E-state index in [0.717, 1.165) is 102 Å². The monoisotopic (exact) mass is 1420 g/mol. The molecule has 0 aliphatic carbocycles. The molecule has 0 aromatic heterocycles. The van der Waals surface area contributed by atoms with Crippen molar-refractivity contribution in [2.45, 2.75) is 426 Å². The van der Waals surface area contributed by atoms with Crippen LogP contribution in [0.5, 0.6) is 0 Å². The van der Waals surface area contributed by atoms with Crippen LogP contribution in [0.2, 0.25) is 0 Å². The second-order valence-electron chi connectivity index (χ2n) is 29.1. The van der Waals surface area contributed by atoms with Crippen molar-refractivity contribution >= 4 is 39.5 Å². The lowest BCUT2D eigenvalue weighted by atomic mass is 10.0. The van der Waals surface area contributed by atoms with Gasteiger partial charge in [0.05, 0.1) is 26.4 Å². The summed E-state index contributed by atoms with van der Waals surface area (Å²) in [5.74, 6) is -0.607. The van der Waals surface area contributed by atoms with Gasteiger partial charge in [0, 0.05) is 25.7 Å². The summed E-state index contributed by atoms with van der Waals surface area (Å²) in [5.41, 5.74) is 0. The number of carbonyl (C=O) groups is 4. The van der Waals surface area contributed by atoms with Crippen LogP contribution in [-0.4, -0.2) is 96.7 Å². The number of unbranched alkanes of at least 4 members (excludes halogenated alkanes) is 47. The van der Waals surface area contributed by atoms with Crippen LogP contribution < -0.4 is 0 Å². The molecule has 0 saturated heterocycles. The molecule has 0 saturated carbocycles. The molecule has 17 nitrogen and oxygen atoms in total. The summed E-state index contributed by atoms with van der Waals surface area (Å²) in [4.78, 5) is 72.8. The van der Waals surface area contributed by atoms with Gasteiger partial charge in [-0.1, -0.05) is 356 Å². The zero-order chi connectivity index (χ0) is 71.4. The summed E-state index contributed by atoms with van der Waals surface area (Å²) >= 11 is 0. The van der Waals surface area contributed by atoms with Crippen LogP contribution in [0.4, 0.5) is 0 Å². The first-order valence-electron chi connectivity index (χ1n) is 40.5. The Morgan fingerprint density at radius 3 is 0.701 bits per heavy atom. The molecule has 19 heteroatoms. The lowest BCUT2D eigenvalue weighted by molar-refractivity contribution is -0.161. The Bertz CT molecular complexity index is 1870. The highest BCUT2D eigenvalue weighted by Gasteiger charge is 2.30. The molecular weight excluding hydrogens is 1270 g/mol. The zero-order valence-corrected chi connectivity index (χ0v) is 65.2. The lowest BCUT2D eigenvalue weighted by Crippen LogP contribution is -2.30. The molecule has 5 atom stereocenters. The quantitative estimate of drug-likeness (QED) is 0.0222. The van der Waals surface area contributed by atoms with E-state index < -0.39 is 97.5 Å². The second-order valence-corrected chi connectivity index (χ2v) is 32.0. The minimum atomic E-state index is -4.96. The van der Waals surface area contributed by atoms with Gasteiger partial charge in [-0.15, -0.1) is 0 Å². The first-order chi connectivity index (χ1) is 46.9. The van der Waals surface area contributed by atoms with Crippen LogP contribution >= 0.6 is 15.6 Å². The number of esters is 4. The molecule has 0 radical (unpaired) electrons. The van der Waals surface area contributed by atoms with Crippen LogP contribution in [0, 0.1) is 11.8 Å². The Morgan fingerprint density at radius 2 is 0.474 bits per heavy atom. The summed E-state index contributed by atoms with van der Waals surface area (Å²) < 4.78 is 68.5. The highest BCUT2D eigenvalue weighted by atomic mass is 31.2. The third-order valence-electron chi connectivity index (χ3n) is 18.2. The van der Waals surface area contributed by atoms with Gasteiger partial charge in [-0.3, -0.25) is 37.3 Å². The second kappa shape index (κ2) is 69.8. The molecule has 97 heavy (non-hydrogen) atoms. The van der Waals surface area contributed by atoms with Crippen molar-refractivity contribution in [3.63, 3.8) is 0 Å². The van der Waals surface area contributed by atoms with Gasteiger partial charge in [-0.05, 0) is 37.5 Å². The van der Waals surface area contributed by atoms with Crippen LogP contribution in [-0.2, 0) is 65.4 Å². The summed E-state index contributed by atoms with van der Waals surface area (Å²) in [5, 5.41) is 10.6. The summed E-state index contributed by atoms with van der Waals surface area (Å²) in [6, 6.07) is 0. The molecule has 0 spiro atoms. The smallest absolute Gasteiger partial charge is 0.462 e. The van der Waals surface area contributed by atoms with E-state index >= 15 is 0 Å². The number of phosphoric ester groups is 2. The largest absolute Gasteiger partial charge is 0.472 e. The number of ether oxygens (including phenoxy) is 4. The number of aliphatic hydroxyl groups is 1. The van der Waals surface area contributed by atoms with E-state index in [0.29, 0.717) is 25.7 Å². The standard InChI is InChI=1S/C78H152O17P2/c1-7-9-11-13-15-17-18-19-20-21-22-23-24-25-26-29-33-37-44-50-56-62-77(82)94-73(67-89-76(81)61-55-49-43-36-32-30-27-28-31-35-40-46-52-58-70(3)4)68-92-96(84,85)90-64-72(79)65-91-97(86,87)93-69-74(66-88-75(80)60-54-48-42-34-16-14-12-10-8-2)95-78(83)63-57-51-45-39-38-41-47-53-59-71(5)6/h70-74,79H,7-69H2,1-6H3,(H,84,85)(H,86,87)/t72-,73-,74-/m1/s1. The van der Waals surface area contributed by atoms with Crippen LogP contribution in [0.3, 0.4) is 0 Å². The van der Waals surface area contributed by atoms with Crippen molar-refractivity contribution in [3.05, 3.63) is 0 Å². The third-order valence-corrected chi connectivity index (χ3v) is 20.1. The number of rotatable bonds is 77. The fraction of sp³-hybridized carbons (Fsp3) is 0.949. The third kappa shape index (κ3) is 72.2. The van der Waals surface area contributed by atoms with Crippen LogP contribution in [0.25, 0.3) is 0 Å². The van der Waals surface area contributed by atoms with Crippen molar-refractivity contribution in [1.29, 1.82) is 0 Å². The van der Waals surface area contributed by atoms with Gasteiger partial charge in [0.1, 0.15) is 19.3 Å². The highest BCUT2D eigenvalue weighted by molar-refractivity contribution is 7.47. The van der Waals surface area contributed by atoms with Gasteiger partial charge in [0.2, 0.25) is 0 Å².